The summed E-state index contributed by atoms with van der Waals surface area (Å²) in [6.45, 7) is 1.93. The van der Waals surface area contributed by atoms with Crippen molar-refractivity contribution in [3.63, 3.8) is 0 Å². The molecule has 0 spiro atoms. The molecule has 4 heteroatoms. The first kappa shape index (κ1) is 14.8. The molecule has 1 aliphatic heterocycles. The van der Waals surface area contributed by atoms with Gasteiger partial charge in [0.25, 0.3) is 5.82 Å². The molecule has 0 fully saturated rings. The first-order chi connectivity index (χ1) is 11.2. The zero-order chi connectivity index (χ0) is 15.8. The van der Waals surface area contributed by atoms with Gasteiger partial charge in [0.15, 0.2) is 5.69 Å². The Bertz CT molecular complexity index is 850. The highest BCUT2D eigenvalue weighted by molar-refractivity contribution is 6.30. The summed E-state index contributed by atoms with van der Waals surface area (Å²) in [6, 6.07) is 16.2. The van der Waals surface area contributed by atoms with Crippen molar-refractivity contribution in [3.05, 3.63) is 76.2 Å². The van der Waals surface area contributed by atoms with Crippen LogP contribution in [0.5, 0.6) is 0 Å². The Kier molecular flexibility index (Phi) is 3.88. The molecule has 0 radical (unpaired) electrons. The lowest BCUT2D eigenvalue weighted by Gasteiger charge is -2.00. The summed E-state index contributed by atoms with van der Waals surface area (Å²) >= 11 is 12.1. The van der Waals surface area contributed by atoms with E-state index in [2.05, 4.69) is 33.5 Å². The fraction of sp³-hybridized carbons (Fsp3) is 0.211. The summed E-state index contributed by atoms with van der Waals surface area (Å²) in [5, 5.41) is 1.56. The molecule has 116 valence electrons. The van der Waals surface area contributed by atoms with Gasteiger partial charge in [-0.05, 0) is 48.4 Å². The molecule has 2 aromatic carbocycles. The van der Waals surface area contributed by atoms with Gasteiger partial charge in [-0.15, -0.1) is 0 Å². The fourth-order valence-electron chi connectivity index (χ4n) is 3.33. The van der Waals surface area contributed by atoms with Crippen LogP contribution in [0.2, 0.25) is 10.0 Å². The van der Waals surface area contributed by atoms with Gasteiger partial charge in [0.1, 0.15) is 12.7 Å². The predicted molar refractivity (Wildman–Crippen MR) is 93.9 cm³/mol. The van der Waals surface area contributed by atoms with Crippen LogP contribution in [0.25, 0.3) is 11.3 Å². The van der Waals surface area contributed by atoms with Gasteiger partial charge in [-0.3, -0.25) is 0 Å². The molecule has 23 heavy (non-hydrogen) atoms. The zero-order valence-corrected chi connectivity index (χ0v) is 14.2. The molecule has 0 unspecified atom stereocenters. The Morgan fingerprint density at radius 3 is 2.61 bits per heavy atom. The van der Waals surface area contributed by atoms with Gasteiger partial charge in [0.05, 0.1) is 13.0 Å². The number of benzene rings is 2. The standard InChI is InChI=1S/C19H17Cl2N2/c20-16-8-6-15(7-9-16)18-13-22(19-5-2-10-23(18)19)12-14-3-1-4-17(21)11-14/h1,3-4,6-9,11,13H,2,5,10,12H2/q+1. The second-order valence-electron chi connectivity index (χ2n) is 5.95. The summed E-state index contributed by atoms with van der Waals surface area (Å²) in [6.07, 6.45) is 4.57. The molecule has 1 aromatic heterocycles. The topological polar surface area (TPSA) is 8.81 Å². The van der Waals surface area contributed by atoms with Crippen molar-refractivity contribution < 1.29 is 4.57 Å². The van der Waals surface area contributed by atoms with E-state index in [1.807, 2.05) is 30.3 Å². The summed E-state index contributed by atoms with van der Waals surface area (Å²) in [4.78, 5) is 0. The Morgan fingerprint density at radius 1 is 1.00 bits per heavy atom. The van der Waals surface area contributed by atoms with Crippen molar-refractivity contribution in [2.75, 3.05) is 0 Å². The van der Waals surface area contributed by atoms with Crippen LogP contribution >= 0.6 is 23.2 Å². The van der Waals surface area contributed by atoms with Crippen LogP contribution in [0.3, 0.4) is 0 Å². The molecule has 3 aromatic rings. The molecule has 0 saturated heterocycles. The lowest BCUT2D eigenvalue weighted by Crippen LogP contribution is -2.36. The van der Waals surface area contributed by atoms with Crippen molar-refractivity contribution in [3.8, 4) is 11.3 Å². The highest BCUT2D eigenvalue weighted by atomic mass is 35.5. The van der Waals surface area contributed by atoms with Crippen molar-refractivity contribution in [1.82, 2.24) is 4.57 Å². The van der Waals surface area contributed by atoms with Crippen molar-refractivity contribution in [2.24, 2.45) is 0 Å². The second kappa shape index (κ2) is 6.03. The number of imidazole rings is 1. The van der Waals surface area contributed by atoms with Gasteiger partial charge >= 0.3 is 0 Å². The van der Waals surface area contributed by atoms with Crippen LogP contribution in [0.4, 0.5) is 0 Å². The third-order valence-corrected chi connectivity index (χ3v) is 4.86. The van der Waals surface area contributed by atoms with E-state index < -0.39 is 0 Å². The average Bonchev–Trinajstić information content (AvgIpc) is 3.12. The van der Waals surface area contributed by atoms with E-state index in [1.165, 1.54) is 29.1 Å². The van der Waals surface area contributed by atoms with Gasteiger partial charge in [-0.1, -0.05) is 35.3 Å². The first-order valence-corrected chi connectivity index (χ1v) is 8.58. The van der Waals surface area contributed by atoms with Gasteiger partial charge in [-0.25, -0.2) is 9.13 Å². The van der Waals surface area contributed by atoms with Crippen LogP contribution in [0.1, 0.15) is 17.8 Å². The lowest BCUT2D eigenvalue weighted by molar-refractivity contribution is -0.694. The minimum atomic E-state index is 0.772. The smallest absolute Gasteiger partial charge is 0.229 e. The van der Waals surface area contributed by atoms with Crippen LogP contribution in [0, 0.1) is 0 Å². The van der Waals surface area contributed by atoms with Crippen LogP contribution in [0.15, 0.2) is 54.7 Å². The first-order valence-electron chi connectivity index (χ1n) is 7.83. The maximum Gasteiger partial charge on any atom is 0.257 e. The third kappa shape index (κ3) is 2.89. The van der Waals surface area contributed by atoms with Crippen LogP contribution < -0.4 is 4.57 Å². The Labute approximate surface area is 145 Å². The van der Waals surface area contributed by atoms with Crippen LogP contribution in [-0.2, 0) is 19.5 Å². The molecule has 1 aliphatic rings. The quantitative estimate of drug-likeness (QED) is 0.607. The molecule has 2 heterocycles. The normalized spacial score (nSPS) is 13.3. The SMILES string of the molecule is Clc1ccc(-c2c[n+](Cc3cccc(Cl)c3)c3n2CCC3)cc1. The lowest BCUT2D eigenvalue weighted by atomic mass is 10.1. The number of fused-ring (bicyclic) bond motifs is 1. The number of hydrogen-bond donors (Lipinski definition) is 0. The van der Waals surface area contributed by atoms with Gasteiger partial charge in [0, 0.05) is 15.6 Å². The number of halogens is 2. The fourth-order valence-corrected chi connectivity index (χ4v) is 3.67. The maximum atomic E-state index is 6.12. The highest BCUT2D eigenvalue weighted by Gasteiger charge is 2.28. The van der Waals surface area contributed by atoms with Gasteiger partial charge < -0.3 is 0 Å². The molecule has 0 bridgehead atoms. The van der Waals surface area contributed by atoms with Crippen molar-refractivity contribution in [2.45, 2.75) is 25.9 Å². The molecule has 0 saturated carbocycles. The van der Waals surface area contributed by atoms with E-state index in [0.717, 1.165) is 29.6 Å². The van der Waals surface area contributed by atoms with E-state index in [-0.39, 0.29) is 0 Å². The van der Waals surface area contributed by atoms with E-state index >= 15 is 0 Å². The van der Waals surface area contributed by atoms with Gasteiger partial charge in [0.2, 0.25) is 0 Å². The molecule has 0 amide bonds. The van der Waals surface area contributed by atoms with E-state index in [0.29, 0.717) is 0 Å². The maximum absolute atomic E-state index is 6.12. The number of aromatic nitrogens is 2. The summed E-state index contributed by atoms with van der Waals surface area (Å²) < 4.78 is 4.77. The average molecular weight is 344 g/mol. The summed E-state index contributed by atoms with van der Waals surface area (Å²) in [7, 11) is 0. The molecule has 0 aliphatic carbocycles. The minimum Gasteiger partial charge on any atom is -0.229 e. The van der Waals surface area contributed by atoms with E-state index in [4.69, 9.17) is 23.2 Å². The molecule has 4 rings (SSSR count). The number of rotatable bonds is 3. The molecule has 2 nitrogen and oxygen atoms in total. The number of hydrogen-bond acceptors (Lipinski definition) is 0. The molecule has 0 N–H and O–H groups in total. The highest BCUT2D eigenvalue weighted by Crippen LogP contribution is 2.26. The molecule has 0 atom stereocenters. The van der Waals surface area contributed by atoms with Crippen molar-refractivity contribution >= 4 is 23.2 Å². The van der Waals surface area contributed by atoms with E-state index in [9.17, 15) is 0 Å². The van der Waals surface area contributed by atoms with E-state index in [1.54, 1.807) is 0 Å². The number of nitrogens with zero attached hydrogens (tertiary/aromatic N) is 2. The largest absolute Gasteiger partial charge is 0.257 e. The van der Waals surface area contributed by atoms with Crippen molar-refractivity contribution in [1.29, 1.82) is 0 Å². The Morgan fingerprint density at radius 2 is 1.83 bits per heavy atom. The van der Waals surface area contributed by atoms with Gasteiger partial charge in [-0.2, -0.15) is 0 Å². The minimum absolute atomic E-state index is 0.772. The Balaban J connectivity index is 1.74. The monoisotopic (exact) mass is 343 g/mol. The zero-order valence-electron chi connectivity index (χ0n) is 12.7. The summed E-state index contributed by atoms with van der Waals surface area (Å²) in [5.41, 5.74) is 3.70. The molecular weight excluding hydrogens is 327 g/mol. The summed E-state index contributed by atoms with van der Waals surface area (Å²) in [5.74, 6) is 1.38. The predicted octanol–water partition coefficient (Wildman–Crippen LogP) is 4.74. The van der Waals surface area contributed by atoms with Crippen LogP contribution in [-0.4, -0.2) is 4.57 Å². The molecular formula is C19H17Cl2N2+. The second-order valence-corrected chi connectivity index (χ2v) is 6.82. The third-order valence-electron chi connectivity index (χ3n) is 4.38. The Hall–Kier alpha value is -1.77.